The molecule has 2 N–H and O–H groups in total. The molecule has 2 rings (SSSR count). The van der Waals surface area contributed by atoms with Crippen LogP contribution in [0.25, 0.3) is 0 Å². The highest BCUT2D eigenvalue weighted by Crippen LogP contribution is 2.27. The van der Waals surface area contributed by atoms with E-state index in [0.717, 1.165) is 11.1 Å². The number of halogens is 1. The van der Waals surface area contributed by atoms with Gasteiger partial charge in [-0.1, -0.05) is 29.8 Å². The first-order chi connectivity index (χ1) is 12.3. The van der Waals surface area contributed by atoms with E-state index in [4.69, 9.17) is 11.6 Å². The quantitative estimate of drug-likeness (QED) is 0.459. The predicted molar refractivity (Wildman–Crippen MR) is 103 cm³/mol. The van der Waals surface area contributed by atoms with Gasteiger partial charge in [0.2, 0.25) is 0 Å². The summed E-state index contributed by atoms with van der Waals surface area (Å²) in [6.07, 6.45) is 1.31. The Morgan fingerprint density at radius 2 is 1.92 bits per heavy atom. The van der Waals surface area contributed by atoms with Crippen LogP contribution in [0.5, 0.6) is 0 Å². The summed E-state index contributed by atoms with van der Waals surface area (Å²) >= 11 is 6.21. The van der Waals surface area contributed by atoms with Gasteiger partial charge in [0.05, 0.1) is 10.7 Å². The second kappa shape index (κ2) is 8.32. The van der Waals surface area contributed by atoms with Crippen molar-refractivity contribution in [3.8, 4) is 6.07 Å². The molecule has 0 heterocycles. The Kier molecular flexibility index (Phi) is 6.16. The van der Waals surface area contributed by atoms with E-state index >= 15 is 0 Å². The van der Waals surface area contributed by atoms with Crippen LogP contribution in [-0.4, -0.2) is 11.7 Å². The summed E-state index contributed by atoms with van der Waals surface area (Å²) in [4.78, 5) is 23.7. The first-order valence-electron chi connectivity index (χ1n) is 7.87. The highest BCUT2D eigenvalue weighted by atomic mass is 35.5. The Hall–Kier alpha value is -3.10. The van der Waals surface area contributed by atoms with E-state index in [2.05, 4.69) is 10.6 Å². The van der Waals surface area contributed by atoms with Gasteiger partial charge in [-0.15, -0.1) is 0 Å². The van der Waals surface area contributed by atoms with Gasteiger partial charge >= 0.3 is 0 Å². The van der Waals surface area contributed by atoms with Crippen LogP contribution in [0.1, 0.15) is 28.4 Å². The number of carbonyl (C=O) groups excluding carboxylic acids is 2. The third kappa shape index (κ3) is 4.71. The average molecular weight is 368 g/mol. The van der Waals surface area contributed by atoms with Gasteiger partial charge in [-0.25, -0.2) is 0 Å². The maximum Gasteiger partial charge on any atom is 0.267 e. The first-order valence-corrected chi connectivity index (χ1v) is 8.25. The fourth-order valence-electron chi connectivity index (χ4n) is 2.41. The van der Waals surface area contributed by atoms with Gasteiger partial charge in [-0.3, -0.25) is 9.59 Å². The van der Waals surface area contributed by atoms with Crippen LogP contribution in [0.15, 0.2) is 48.2 Å². The molecule has 0 saturated carbocycles. The third-order valence-electron chi connectivity index (χ3n) is 3.68. The van der Waals surface area contributed by atoms with Gasteiger partial charge in [0.25, 0.3) is 5.91 Å². The zero-order chi connectivity index (χ0) is 19.3. The number of carbonyl (C=O) groups is 2. The molecule has 0 radical (unpaired) electrons. The fraction of sp³-hybridized carbons (Fsp3) is 0.150. The topological polar surface area (TPSA) is 82.0 Å². The van der Waals surface area contributed by atoms with Crippen molar-refractivity contribution in [2.75, 3.05) is 10.6 Å². The second-order valence-electron chi connectivity index (χ2n) is 5.84. The number of nitrogens with zero attached hydrogens (tertiary/aromatic N) is 1. The summed E-state index contributed by atoms with van der Waals surface area (Å²) in [5.41, 5.74) is 3.35. The van der Waals surface area contributed by atoms with Crippen LogP contribution in [0.4, 0.5) is 11.4 Å². The molecule has 0 aliphatic rings. The van der Waals surface area contributed by atoms with Gasteiger partial charge < -0.3 is 10.6 Å². The van der Waals surface area contributed by atoms with Crippen molar-refractivity contribution >= 4 is 34.7 Å². The molecule has 26 heavy (non-hydrogen) atoms. The molecule has 0 atom stereocenters. The van der Waals surface area contributed by atoms with Crippen molar-refractivity contribution in [3.05, 3.63) is 69.9 Å². The van der Waals surface area contributed by atoms with Crippen LogP contribution < -0.4 is 10.6 Å². The number of hydrogen-bond donors (Lipinski definition) is 2. The number of amides is 1. The van der Waals surface area contributed by atoms with Crippen LogP contribution >= 0.6 is 11.6 Å². The molecular formula is C20H18ClN3O2. The Bertz CT molecular complexity index is 919. The molecule has 0 spiro atoms. The summed E-state index contributed by atoms with van der Waals surface area (Å²) < 4.78 is 0. The minimum absolute atomic E-state index is 0.108. The molecule has 0 unspecified atom stereocenters. The number of nitriles is 1. The Morgan fingerprint density at radius 1 is 1.19 bits per heavy atom. The highest BCUT2D eigenvalue weighted by molar-refractivity contribution is 6.33. The summed E-state index contributed by atoms with van der Waals surface area (Å²) in [5, 5.41) is 15.3. The molecule has 5 nitrogen and oxygen atoms in total. The summed E-state index contributed by atoms with van der Waals surface area (Å²) in [7, 11) is 0. The Balaban J connectivity index is 2.19. The van der Waals surface area contributed by atoms with E-state index in [1.807, 2.05) is 26.0 Å². The van der Waals surface area contributed by atoms with Gasteiger partial charge in [0.15, 0.2) is 5.78 Å². The van der Waals surface area contributed by atoms with Crippen LogP contribution in [0, 0.1) is 25.2 Å². The molecule has 2 aromatic carbocycles. The lowest BCUT2D eigenvalue weighted by molar-refractivity contribution is -0.112. The Labute approximate surface area is 157 Å². The van der Waals surface area contributed by atoms with E-state index in [1.165, 1.54) is 13.1 Å². The van der Waals surface area contributed by atoms with Gasteiger partial charge in [-0.05, 0) is 50.1 Å². The van der Waals surface area contributed by atoms with Crippen LogP contribution in [0.2, 0.25) is 5.02 Å². The van der Waals surface area contributed by atoms with E-state index in [0.29, 0.717) is 22.0 Å². The number of anilines is 2. The third-order valence-corrected chi connectivity index (χ3v) is 3.98. The first kappa shape index (κ1) is 19.2. The normalized spacial score (nSPS) is 10.8. The van der Waals surface area contributed by atoms with Crippen molar-refractivity contribution in [2.45, 2.75) is 20.8 Å². The maximum atomic E-state index is 12.3. The van der Waals surface area contributed by atoms with Crippen LogP contribution in [-0.2, 0) is 4.79 Å². The molecular weight excluding hydrogens is 350 g/mol. The van der Waals surface area contributed by atoms with Gasteiger partial charge in [0.1, 0.15) is 11.6 Å². The van der Waals surface area contributed by atoms with Crippen LogP contribution in [0.3, 0.4) is 0 Å². The maximum absolute atomic E-state index is 12.3. The zero-order valence-electron chi connectivity index (χ0n) is 14.7. The lowest BCUT2D eigenvalue weighted by atomic mass is 10.1. The smallest absolute Gasteiger partial charge is 0.267 e. The molecule has 0 fully saturated rings. The van der Waals surface area contributed by atoms with Gasteiger partial charge in [0, 0.05) is 17.5 Å². The lowest BCUT2D eigenvalue weighted by Gasteiger charge is -2.10. The number of hydrogen-bond acceptors (Lipinski definition) is 4. The molecule has 0 aromatic heterocycles. The number of aryl methyl sites for hydroxylation is 2. The number of ketones is 1. The van der Waals surface area contributed by atoms with Crippen molar-refractivity contribution in [2.24, 2.45) is 0 Å². The van der Waals surface area contributed by atoms with Gasteiger partial charge in [-0.2, -0.15) is 5.26 Å². The second-order valence-corrected chi connectivity index (χ2v) is 6.25. The monoisotopic (exact) mass is 367 g/mol. The van der Waals surface area contributed by atoms with E-state index in [9.17, 15) is 14.9 Å². The molecule has 0 aliphatic carbocycles. The number of rotatable bonds is 5. The molecule has 2 aromatic rings. The van der Waals surface area contributed by atoms with Crippen molar-refractivity contribution in [3.63, 3.8) is 0 Å². The minimum atomic E-state index is -0.582. The molecule has 0 aliphatic heterocycles. The van der Waals surface area contributed by atoms with Crippen molar-refractivity contribution in [1.29, 1.82) is 5.26 Å². The molecule has 0 saturated heterocycles. The van der Waals surface area contributed by atoms with E-state index in [-0.39, 0.29) is 11.4 Å². The summed E-state index contributed by atoms with van der Waals surface area (Å²) in [5.74, 6) is -0.690. The predicted octanol–water partition coefficient (Wildman–Crippen LogP) is 4.62. The molecule has 6 heteroatoms. The number of benzene rings is 2. The highest BCUT2D eigenvalue weighted by Gasteiger charge is 2.11. The SMILES string of the molecule is CC(=O)c1cccc(NC(=O)/C(C#N)=C\Nc2c(C)cc(C)cc2Cl)c1. The molecule has 1 amide bonds. The zero-order valence-corrected chi connectivity index (χ0v) is 15.4. The lowest BCUT2D eigenvalue weighted by Crippen LogP contribution is -2.15. The standard InChI is InChI=1S/C20H18ClN3O2/c1-12-7-13(2)19(18(21)8-12)23-11-16(10-22)20(26)24-17-6-4-5-15(9-17)14(3)25/h4-9,11,23H,1-3H3,(H,24,26)/b16-11-. The van der Waals surface area contributed by atoms with Crippen molar-refractivity contribution < 1.29 is 9.59 Å². The van der Waals surface area contributed by atoms with Crippen molar-refractivity contribution in [1.82, 2.24) is 0 Å². The number of Topliss-reactive ketones (excluding diaryl/α,β-unsaturated/α-hetero) is 1. The largest absolute Gasteiger partial charge is 0.359 e. The summed E-state index contributed by atoms with van der Waals surface area (Å²) in [6, 6.07) is 12.1. The fourth-order valence-corrected chi connectivity index (χ4v) is 2.78. The van der Waals surface area contributed by atoms with E-state index < -0.39 is 5.91 Å². The minimum Gasteiger partial charge on any atom is -0.359 e. The number of nitrogens with one attached hydrogen (secondary N) is 2. The molecule has 0 bridgehead atoms. The Morgan fingerprint density at radius 3 is 2.54 bits per heavy atom. The van der Waals surface area contributed by atoms with E-state index in [1.54, 1.807) is 30.3 Å². The molecule has 132 valence electrons. The summed E-state index contributed by atoms with van der Waals surface area (Å²) in [6.45, 7) is 5.26. The average Bonchev–Trinajstić information content (AvgIpc) is 2.57.